The summed E-state index contributed by atoms with van der Waals surface area (Å²) < 4.78 is 41.1. The first kappa shape index (κ1) is 11.3. The molecule has 0 aromatic carbocycles. The minimum absolute atomic E-state index is 0.419. The molecule has 0 saturated carbocycles. The lowest BCUT2D eigenvalue weighted by atomic mass is 10.2. The Labute approximate surface area is 82.3 Å². The van der Waals surface area contributed by atoms with Crippen LogP contribution in [-0.4, -0.2) is 23.2 Å². The van der Waals surface area contributed by atoms with Crippen molar-refractivity contribution in [2.75, 3.05) is 7.11 Å². The number of halogens is 3. The van der Waals surface area contributed by atoms with Crippen molar-refractivity contribution in [3.8, 4) is 5.75 Å². The van der Waals surface area contributed by atoms with E-state index in [0.29, 0.717) is 12.3 Å². The van der Waals surface area contributed by atoms with Crippen LogP contribution in [0.3, 0.4) is 0 Å². The predicted octanol–water partition coefficient (Wildman–Crippen LogP) is 1.81. The van der Waals surface area contributed by atoms with Crippen LogP contribution in [0.1, 0.15) is 16.1 Å². The number of methoxy groups -OCH3 is 1. The number of alkyl halides is 3. The highest BCUT2D eigenvalue weighted by atomic mass is 19.4. The molecule has 0 aliphatic carbocycles. The van der Waals surface area contributed by atoms with E-state index in [1.54, 1.807) is 0 Å². The van der Waals surface area contributed by atoms with E-state index < -0.39 is 29.2 Å². The molecule has 1 heterocycles. The fraction of sp³-hybridized carbons (Fsp3) is 0.250. The number of pyridine rings is 1. The molecule has 0 aliphatic rings. The van der Waals surface area contributed by atoms with Gasteiger partial charge in [0.2, 0.25) is 0 Å². The van der Waals surface area contributed by atoms with Gasteiger partial charge in [0.15, 0.2) is 11.4 Å². The molecule has 1 aromatic heterocycles. The predicted molar refractivity (Wildman–Crippen MR) is 42.8 cm³/mol. The van der Waals surface area contributed by atoms with Crippen molar-refractivity contribution in [1.82, 2.24) is 4.98 Å². The van der Waals surface area contributed by atoms with Crippen LogP contribution in [0.4, 0.5) is 13.2 Å². The number of nitrogens with zero attached hydrogens (tertiary/aromatic N) is 1. The molecule has 0 bridgehead atoms. The van der Waals surface area contributed by atoms with Crippen molar-refractivity contribution in [1.29, 1.82) is 0 Å². The molecule has 82 valence electrons. The van der Waals surface area contributed by atoms with Gasteiger partial charge >= 0.3 is 12.1 Å². The largest absolute Gasteiger partial charge is 0.494 e. The van der Waals surface area contributed by atoms with Gasteiger partial charge < -0.3 is 9.84 Å². The quantitative estimate of drug-likeness (QED) is 0.827. The van der Waals surface area contributed by atoms with Crippen molar-refractivity contribution < 1.29 is 27.8 Å². The number of aromatic carboxylic acids is 1. The van der Waals surface area contributed by atoms with E-state index in [0.717, 1.165) is 7.11 Å². The third kappa shape index (κ3) is 2.36. The molecule has 0 fully saturated rings. The second kappa shape index (κ2) is 3.76. The SMILES string of the molecule is COc1cc(C(F)(F)F)cnc1C(=O)O. The minimum atomic E-state index is -4.57. The average Bonchev–Trinajstić information content (AvgIpc) is 2.15. The first-order valence-electron chi connectivity index (χ1n) is 3.70. The zero-order chi connectivity index (χ0) is 11.6. The summed E-state index contributed by atoms with van der Waals surface area (Å²) in [4.78, 5) is 13.7. The minimum Gasteiger partial charge on any atom is -0.494 e. The Kier molecular flexibility index (Phi) is 2.83. The molecule has 0 atom stereocenters. The Bertz CT molecular complexity index is 389. The Balaban J connectivity index is 3.25. The van der Waals surface area contributed by atoms with Gasteiger partial charge in [0.1, 0.15) is 0 Å². The fourth-order valence-corrected chi connectivity index (χ4v) is 0.916. The molecule has 15 heavy (non-hydrogen) atoms. The smallest absolute Gasteiger partial charge is 0.418 e. The molecule has 7 heteroatoms. The van der Waals surface area contributed by atoms with Crippen molar-refractivity contribution in [2.45, 2.75) is 6.18 Å². The van der Waals surface area contributed by atoms with Gasteiger partial charge in [-0.25, -0.2) is 9.78 Å². The second-order valence-electron chi connectivity index (χ2n) is 2.58. The van der Waals surface area contributed by atoms with Crippen LogP contribution in [0.5, 0.6) is 5.75 Å². The molecule has 0 saturated heterocycles. The van der Waals surface area contributed by atoms with Crippen molar-refractivity contribution in [3.63, 3.8) is 0 Å². The van der Waals surface area contributed by atoms with Gasteiger partial charge in [0.05, 0.1) is 12.7 Å². The number of ether oxygens (including phenoxy) is 1. The summed E-state index contributed by atoms with van der Waals surface area (Å²) in [6.07, 6.45) is -4.12. The Hall–Kier alpha value is -1.79. The van der Waals surface area contributed by atoms with E-state index in [9.17, 15) is 18.0 Å². The van der Waals surface area contributed by atoms with Crippen LogP contribution in [0.25, 0.3) is 0 Å². The molecule has 1 N–H and O–H groups in total. The van der Waals surface area contributed by atoms with Gasteiger partial charge in [-0.3, -0.25) is 0 Å². The van der Waals surface area contributed by atoms with Gasteiger partial charge in [-0.1, -0.05) is 0 Å². The molecule has 0 unspecified atom stereocenters. The fourth-order valence-electron chi connectivity index (χ4n) is 0.916. The summed E-state index contributed by atoms with van der Waals surface area (Å²) in [7, 11) is 1.07. The van der Waals surface area contributed by atoms with E-state index in [4.69, 9.17) is 5.11 Å². The second-order valence-corrected chi connectivity index (χ2v) is 2.58. The molecular weight excluding hydrogens is 215 g/mol. The maximum atomic E-state index is 12.2. The lowest BCUT2D eigenvalue weighted by molar-refractivity contribution is -0.138. The normalized spacial score (nSPS) is 11.2. The standard InChI is InChI=1S/C8H6F3NO3/c1-15-5-2-4(8(9,10)11)3-12-6(5)7(13)14/h2-3H,1H3,(H,13,14). The zero-order valence-corrected chi connectivity index (χ0v) is 7.50. The third-order valence-electron chi connectivity index (χ3n) is 1.60. The molecular formula is C8H6F3NO3. The van der Waals surface area contributed by atoms with E-state index in [-0.39, 0.29) is 0 Å². The molecule has 1 aromatic rings. The summed E-state index contributed by atoms with van der Waals surface area (Å²) in [5, 5.41) is 8.57. The molecule has 0 radical (unpaired) electrons. The Morgan fingerprint density at radius 1 is 1.53 bits per heavy atom. The van der Waals surface area contributed by atoms with Gasteiger partial charge in [0.25, 0.3) is 0 Å². The first-order valence-corrected chi connectivity index (χ1v) is 3.70. The summed E-state index contributed by atoms with van der Waals surface area (Å²) >= 11 is 0. The van der Waals surface area contributed by atoms with Crippen LogP contribution in [0.2, 0.25) is 0 Å². The maximum Gasteiger partial charge on any atom is 0.418 e. The average molecular weight is 221 g/mol. The molecule has 0 aliphatic heterocycles. The van der Waals surface area contributed by atoms with Crippen LogP contribution in [-0.2, 0) is 6.18 Å². The zero-order valence-electron chi connectivity index (χ0n) is 7.50. The first-order chi connectivity index (χ1) is 6.86. The lowest BCUT2D eigenvalue weighted by Gasteiger charge is -2.09. The summed E-state index contributed by atoms with van der Waals surface area (Å²) in [5.41, 5.74) is -1.60. The van der Waals surface area contributed by atoms with Crippen LogP contribution < -0.4 is 4.74 Å². The maximum absolute atomic E-state index is 12.2. The molecule has 0 spiro atoms. The van der Waals surface area contributed by atoms with E-state index >= 15 is 0 Å². The summed E-state index contributed by atoms with van der Waals surface area (Å²) in [6, 6.07) is 0.594. The van der Waals surface area contributed by atoms with Gasteiger partial charge in [-0.05, 0) is 6.07 Å². The number of carboxylic acid groups (broad SMARTS) is 1. The van der Waals surface area contributed by atoms with Gasteiger partial charge in [0, 0.05) is 6.20 Å². The van der Waals surface area contributed by atoms with Crippen LogP contribution in [0, 0.1) is 0 Å². The van der Waals surface area contributed by atoms with E-state index in [2.05, 4.69) is 9.72 Å². The lowest BCUT2D eigenvalue weighted by Crippen LogP contribution is -2.10. The highest BCUT2D eigenvalue weighted by Crippen LogP contribution is 2.31. The Morgan fingerprint density at radius 3 is 2.53 bits per heavy atom. The monoisotopic (exact) mass is 221 g/mol. The number of hydrogen-bond acceptors (Lipinski definition) is 3. The van der Waals surface area contributed by atoms with Crippen molar-refractivity contribution >= 4 is 5.97 Å². The van der Waals surface area contributed by atoms with Gasteiger partial charge in [-0.2, -0.15) is 13.2 Å². The molecule has 4 nitrogen and oxygen atoms in total. The highest BCUT2D eigenvalue weighted by molar-refractivity contribution is 5.88. The summed E-state index contributed by atoms with van der Waals surface area (Å²) in [6.45, 7) is 0. The van der Waals surface area contributed by atoms with Crippen molar-refractivity contribution in [3.05, 3.63) is 23.5 Å². The Morgan fingerprint density at radius 2 is 2.13 bits per heavy atom. The van der Waals surface area contributed by atoms with Crippen LogP contribution in [0.15, 0.2) is 12.3 Å². The van der Waals surface area contributed by atoms with Gasteiger partial charge in [-0.15, -0.1) is 0 Å². The number of carboxylic acids is 1. The van der Waals surface area contributed by atoms with Crippen molar-refractivity contribution in [2.24, 2.45) is 0 Å². The summed E-state index contributed by atoms with van der Waals surface area (Å²) in [5.74, 6) is -1.86. The number of carbonyl (C=O) groups is 1. The number of rotatable bonds is 2. The molecule has 0 amide bonds. The molecule has 1 rings (SSSR count). The number of hydrogen-bond donors (Lipinski definition) is 1. The van der Waals surface area contributed by atoms with E-state index in [1.807, 2.05) is 0 Å². The van der Waals surface area contributed by atoms with E-state index in [1.165, 1.54) is 0 Å². The topological polar surface area (TPSA) is 59.4 Å². The third-order valence-corrected chi connectivity index (χ3v) is 1.60. The highest BCUT2D eigenvalue weighted by Gasteiger charge is 2.32. The number of aromatic nitrogens is 1. The van der Waals surface area contributed by atoms with Crippen LogP contribution >= 0.6 is 0 Å².